The molecule has 0 bridgehead atoms. The van der Waals surface area contributed by atoms with Crippen LogP contribution in [0.25, 0.3) is 0 Å². The fraction of sp³-hybridized carbons (Fsp3) is 0.967. The van der Waals surface area contributed by atoms with Gasteiger partial charge in [0.2, 0.25) is 12.1 Å². The zero-order valence-electron chi connectivity index (χ0n) is 25.7. The fourth-order valence-corrected chi connectivity index (χ4v) is 5.60. The van der Waals surface area contributed by atoms with E-state index >= 15 is 0 Å². The number of alkyl carbamates (subject to hydrolysis) is 1. The number of hydrogen-bond acceptors (Lipinski definition) is 12. The van der Waals surface area contributed by atoms with Crippen LogP contribution in [0.5, 0.6) is 0 Å². The number of aliphatic hydroxyl groups excluding tert-OH is 7. The van der Waals surface area contributed by atoms with Crippen molar-refractivity contribution in [1.82, 2.24) is 5.32 Å². The molecule has 0 aromatic carbocycles. The monoisotopic (exact) mass is 623 g/mol. The first-order valence-electron chi connectivity index (χ1n) is 16.2. The first-order valence-corrected chi connectivity index (χ1v) is 16.2. The highest BCUT2D eigenvalue weighted by Crippen LogP contribution is 2.36. The van der Waals surface area contributed by atoms with Crippen molar-refractivity contribution < 1.29 is 59.5 Å². The molecule has 2 aliphatic heterocycles. The minimum Gasteiger partial charge on any atom is -0.438 e. The van der Waals surface area contributed by atoms with Crippen molar-refractivity contribution in [1.29, 1.82) is 0 Å². The summed E-state index contributed by atoms with van der Waals surface area (Å²) in [7, 11) is 0. The average Bonchev–Trinajstić information content (AvgIpc) is 3.25. The topological polar surface area (TPSA) is 208 Å². The second-order valence-corrected chi connectivity index (χ2v) is 11.8. The van der Waals surface area contributed by atoms with Crippen molar-refractivity contribution in [3.63, 3.8) is 0 Å². The Balaban J connectivity index is 1.70. The molecule has 0 aromatic rings. The molecule has 2 saturated heterocycles. The van der Waals surface area contributed by atoms with E-state index in [1.807, 2.05) is 0 Å². The van der Waals surface area contributed by atoms with Crippen molar-refractivity contribution in [2.24, 2.45) is 0 Å². The summed E-state index contributed by atoms with van der Waals surface area (Å²) in [6.07, 6.45) is 4.49. The van der Waals surface area contributed by atoms with E-state index in [9.17, 15) is 40.5 Å². The normalized spacial score (nSPS) is 32.7. The number of carbonyl (C=O) groups is 1. The van der Waals surface area contributed by atoms with Gasteiger partial charge in [-0.3, -0.25) is 0 Å². The summed E-state index contributed by atoms with van der Waals surface area (Å²) >= 11 is 0. The van der Waals surface area contributed by atoms with Gasteiger partial charge in [0.1, 0.15) is 43.2 Å². The molecule has 0 radical (unpaired) electrons. The Morgan fingerprint density at radius 1 is 0.721 bits per heavy atom. The number of carbonyl (C=O) groups excluding carboxylic acids is 1. The second kappa shape index (κ2) is 20.8. The lowest BCUT2D eigenvalue weighted by molar-refractivity contribution is -0.382. The molecule has 13 nitrogen and oxygen atoms in total. The molecule has 0 aliphatic carbocycles. The third-order valence-electron chi connectivity index (χ3n) is 8.34. The average molecular weight is 624 g/mol. The molecule has 1 amide bonds. The molecule has 8 N–H and O–H groups in total. The number of aliphatic hydroxyl groups is 7. The lowest BCUT2D eigenvalue weighted by Crippen LogP contribution is -2.64. The summed E-state index contributed by atoms with van der Waals surface area (Å²) in [4.78, 5) is 12.5. The van der Waals surface area contributed by atoms with E-state index < -0.39 is 80.7 Å². The number of hydrogen-bond donors (Lipinski definition) is 8. The zero-order valence-corrected chi connectivity index (χ0v) is 25.7. The van der Waals surface area contributed by atoms with Crippen molar-refractivity contribution in [2.75, 3.05) is 26.4 Å². The molecular formula is C30H57NO12. The number of nitrogens with one attached hydrogen (secondary N) is 1. The molecule has 0 spiro atoms. The molecule has 2 rings (SSSR count). The zero-order chi connectivity index (χ0) is 31.7. The summed E-state index contributed by atoms with van der Waals surface area (Å²) in [6.45, 7) is 0.136. The maximum atomic E-state index is 12.5. The fourth-order valence-electron chi connectivity index (χ4n) is 5.60. The van der Waals surface area contributed by atoms with E-state index in [0.29, 0.717) is 6.54 Å². The molecular weight excluding hydrogens is 566 g/mol. The largest absolute Gasteiger partial charge is 0.438 e. The van der Waals surface area contributed by atoms with Crippen molar-refractivity contribution in [3.8, 4) is 0 Å². The predicted octanol–water partition coefficient (Wildman–Crippen LogP) is 1.21. The lowest BCUT2D eigenvalue weighted by atomic mass is 9.98. The quantitative estimate of drug-likeness (QED) is 0.0801. The minimum absolute atomic E-state index is 0.320. The summed E-state index contributed by atoms with van der Waals surface area (Å²) in [5.74, 6) is -2.30. The molecule has 9 atom stereocenters. The van der Waals surface area contributed by atoms with E-state index in [-0.39, 0.29) is 0 Å². The Morgan fingerprint density at radius 3 is 1.70 bits per heavy atom. The summed E-state index contributed by atoms with van der Waals surface area (Å²) in [6, 6.07) is 0. The third-order valence-corrected chi connectivity index (χ3v) is 8.34. The Morgan fingerprint density at radius 2 is 1.23 bits per heavy atom. The van der Waals surface area contributed by atoms with Gasteiger partial charge in [0, 0.05) is 6.54 Å². The number of amides is 1. The molecule has 13 heteroatoms. The van der Waals surface area contributed by atoms with Crippen LogP contribution in [0.1, 0.15) is 103 Å². The molecule has 0 saturated carbocycles. The van der Waals surface area contributed by atoms with E-state index in [1.54, 1.807) is 0 Å². The first kappa shape index (κ1) is 38.1. The first-order chi connectivity index (χ1) is 20.7. The minimum atomic E-state index is -2.30. The van der Waals surface area contributed by atoms with Crippen LogP contribution in [0.15, 0.2) is 0 Å². The van der Waals surface area contributed by atoms with Gasteiger partial charge in [0.05, 0.1) is 13.2 Å². The van der Waals surface area contributed by atoms with Crippen LogP contribution >= 0.6 is 0 Å². The van der Waals surface area contributed by atoms with Crippen LogP contribution < -0.4 is 5.32 Å². The van der Waals surface area contributed by atoms with Gasteiger partial charge >= 0.3 is 6.09 Å². The molecule has 0 unspecified atom stereocenters. The highest BCUT2D eigenvalue weighted by atomic mass is 16.8. The lowest BCUT2D eigenvalue weighted by Gasteiger charge is -2.44. The van der Waals surface area contributed by atoms with Crippen LogP contribution in [-0.2, 0) is 18.9 Å². The number of rotatable bonds is 22. The van der Waals surface area contributed by atoms with E-state index in [2.05, 4.69) is 12.2 Å². The Labute approximate surface area is 255 Å². The van der Waals surface area contributed by atoms with Crippen LogP contribution in [0.2, 0.25) is 0 Å². The SMILES string of the molecule is CCCCCCCCCCCCCCCCCNC(=O)O[C@H]1[C@@H](O[C@]2(CO)O[C@H](CO)[C@@H](O)[C@@H]2O)O[C@H](CO)[C@@H](O)[C@@H]1O. The predicted molar refractivity (Wildman–Crippen MR) is 156 cm³/mol. The molecule has 2 heterocycles. The van der Waals surface area contributed by atoms with Crippen molar-refractivity contribution in [2.45, 2.75) is 158 Å². The van der Waals surface area contributed by atoms with Gasteiger partial charge in [-0.25, -0.2) is 4.79 Å². The van der Waals surface area contributed by atoms with Crippen LogP contribution in [0.3, 0.4) is 0 Å². The van der Waals surface area contributed by atoms with Crippen LogP contribution in [-0.4, -0.2) is 123 Å². The molecule has 254 valence electrons. The summed E-state index contributed by atoms with van der Waals surface area (Å²) < 4.78 is 21.7. The maximum absolute atomic E-state index is 12.5. The Bertz CT molecular complexity index is 748. The van der Waals surface area contributed by atoms with Gasteiger partial charge in [0.25, 0.3) is 0 Å². The van der Waals surface area contributed by atoms with Gasteiger partial charge in [-0.2, -0.15) is 0 Å². The van der Waals surface area contributed by atoms with Crippen LogP contribution in [0, 0.1) is 0 Å². The number of ether oxygens (including phenoxy) is 4. The van der Waals surface area contributed by atoms with Crippen LogP contribution in [0.4, 0.5) is 4.79 Å². The molecule has 2 fully saturated rings. The van der Waals surface area contributed by atoms with Gasteiger partial charge in [0.15, 0.2) is 6.10 Å². The highest BCUT2D eigenvalue weighted by molar-refractivity contribution is 5.67. The smallest absolute Gasteiger partial charge is 0.407 e. The van der Waals surface area contributed by atoms with E-state index in [4.69, 9.17) is 18.9 Å². The molecule has 2 aliphatic rings. The standard InChI is InChI=1S/C30H57NO12/c1-2-3-4-5-6-7-8-9-10-11-12-13-14-15-16-17-31-29(39)41-26-25(37)23(35)21(18-32)40-28(26)43-30(20-34)27(38)24(36)22(19-33)42-30/h21-28,32-38H,2-20H2,1H3,(H,31,39)/t21-,22-,23-,24-,25+,26-,27+,28-,30+/m1/s1. The second-order valence-electron chi connectivity index (χ2n) is 11.8. The van der Waals surface area contributed by atoms with E-state index in [1.165, 1.54) is 70.6 Å². The van der Waals surface area contributed by atoms with E-state index in [0.717, 1.165) is 25.7 Å². The highest BCUT2D eigenvalue weighted by Gasteiger charge is 2.59. The molecule has 43 heavy (non-hydrogen) atoms. The summed E-state index contributed by atoms with van der Waals surface area (Å²) in [5, 5.41) is 73.0. The van der Waals surface area contributed by atoms with Gasteiger partial charge < -0.3 is 60.0 Å². The Kier molecular flexibility index (Phi) is 18.4. The number of unbranched alkanes of at least 4 members (excludes halogenated alkanes) is 14. The molecule has 0 aromatic heterocycles. The maximum Gasteiger partial charge on any atom is 0.407 e. The van der Waals surface area contributed by atoms with Crippen molar-refractivity contribution >= 4 is 6.09 Å². The third kappa shape index (κ3) is 12.0. The van der Waals surface area contributed by atoms with Gasteiger partial charge in [-0.1, -0.05) is 96.8 Å². The Hall–Kier alpha value is -1.13. The summed E-state index contributed by atoms with van der Waals surface area (Å²) in [5.41, 5.74) is 0. The van der Waals surface area contributed by atoms with Gasteiger partial charge in [-0.05, 0) is 6.42 Å². The van der Waals surface area contributed by atoms with Gasteiger partial charge in [-0.15, -0.1) is 0 Å². The van der Waals surface area contributed by atoms with Crippen molar-refractivity contribution in [3.05, 3.63) is 0 Å².